The van der Waals surface area contributed by atoms with E-state index >= 15 is 0 Å². The number of aryl methyl sites for hydroxylation is 1. The molecule has 1 aromatic rings. The standard InChI is InChI=1S/C10H13ClN2/c1-13-10(9(11)7-12-13)6-8-4-2-3-5-8/h4,7H,2-3,5-6H2,1H3. The molecule has 0 aliphatic heterocycles. The average molecular weight is 197 g/mol. The molecule has 0 atom stereocenters. The minimum atomic E-state index is 0.787. The zero-order valence-corrected chi connectivity index (χ0v) is 8.51. The molecule has 13 heavy (non-hydrogen) atoms. The Kier molecular flexibility index (Phi) is 2.40. The van der Waals surface area contributed by atoms with Crippen molar-refractivity contribution in [1.29, 1.82) is 0 Å². The minimum absolute atomic E-state index is 0.787. The highest BCUT2D eigenvalue weighted by atomic mass is 35.5. The summed E-state index contributed by atoms with van der Waals surface area (Å²) >= 11 is 6.01. The van der Waals surface area contributed by atoms with E-state index in [9.17, 15) is 0 Å². The van der Waals surface area contributed by atoms with Gasteiger partial charge in [0.25, 0.3) is 0 Å². The fourth-order valence-electron chi connectivity index (χ4n) is 1.75. The van der Waals surface area contributed by atoms with Crippen LogP contribution >= 0.6 is 11.6 Å². The fourth-order valence-corrected chi connectivity index (χ4v) is 1.98. The molecule has 3 heteroatoms. The number of halogens is 1. The van der Waals surface area contributed by atoms with Crippen molar-refractivity contribution in [3.63, 3.8) is 0 Å². The number of hydrogen-bond donors (Lipinski definition) is 0. The molecular weight excluding hydrogens is 184 g/mol. The molecule has 0 N–H and O–H groups in total. The van der Waals surface area contributed by atoms with Gasteiger partial charge in [-0.1, -0.05) is 23.3 Å². The van der Waals surface area contributed by atoms with Gasteiger partial charge in [0.1, 0.15) is 0 Å². The van der Waals surface area contributed by atoms with E-state index in [4.69, 9.17) is 11.6 Å². The van der Waals surface area contributed by atoms with Gasteiger partial charge in [0.2, 0.25) is 0 Å². The van der Waals surface area contributed by atoms with Gasteiger partial charge in [-0.2, -0.15) is 5.10 Å². The predicted molar refractivity (Wildman–Crippen MR) is 53.9 cm³/mol. The summed E-state index contributed by atoms with van der Waals surface area (Å²) in [5.41, 5.74) is 2.64. The van der Waals surface area contributed by atoms with E-state index in [1.165, 1.54) is 24.8 Å². The van der Waals surface area contributed by atoms with Gasteiger partial charge in [-0.15, -0.1) is 0 Å². The lowest BCUT2D eigenvalue weighted by molar-refractivity contribution is 0.717. The summed E-state index contributed by atoms with van der Waals surface area (Å²) in [5, 5.41) is 4.90. The molecule has 0 saturated carbocycles. The van der Waals surface area contributed by atoms with Crippen LogP contribution in [0.15, 0.2) is 17.8 Å². The zero-order chi connectivity index (χ0) is 9.26. The summed E-state index contributed by atoms with van der Waals surface area (Å²) < 4.78 is 1.86. The molecule has 1 heterocycles. The smallest absolute Gasteiger partial charge is 0.0821 e. The van der Waals surface area contributed by atoms with Crippen LogP contribution < -0.4 is 0 Å². The third-order valence-corrected chi connectivity index (χ3v) is 2.86. The summed E-state index contributed by atoms with van der Waals surface area (Å²) in [5.74, 6) is 0. The maximum absolute atomic E-state index is 6.01. The third kappa shape index (κ3) is 1.78. The van der Waals surface area contributed by atoms with Crippen molar-refractivity contribution in [3.05, 3.63) is 28.6 Å². The zero-order valence-electron chi connectivity index (χ0n) is 7.76. The van der Waals surface area contributed by atoms with Crippen LogP contribution in [0.4, 0.5) is 0 Å². The molecule has 2 rings (SSSR count). The second-order valence-corrected chi connectivity index (χ2v) is 3.90. The first-order valence-corrected chi connectivity index (χ1v) is 4.99. The molecule has 70 valence electrons. The molecule has 0 unspecified atom stereocenters. The van der Waals surface area contributed by atoms with Gasteiger partial charge in [0.05, 0.1) is 16.9 Å². The summed E-state index contributed by atoms with van der Waals surface area (Å²) in [6.07, 6.45) is 8.75. The van der Waals surface area contributed by atoms with Gasteiger partial charge in [-0.3, -0.25) is 4.68 Å². The molecule has 0 aromatic carbocycles. The van der Waals surface area contributed by atoms with Crippen molar-refractivity contribution in [2.75, 3.05) is 0 Å². The molecule has 0 radical (unpaired) electrons. The second-order valence-electron chi connectivity index (χ2n) is 3.49. The van der Waals surface area contributed by atoms with E-state index < -0.39 is 0 Å². The lowest BCUT2D eigenvalue weighted by Gasteiger charge is -2.03. The highest BCUT2D eigenvalue weighted by Gasteiger charge is 2.11. The van der Waals surface area contributed by atoms with Gasteiger partial charge >= 0.3 is 0 Å². The van der Waals surface area contributed by atoms with Crippen LogP contribution in [0.1, 0.15) is 25.0 Å². The van der Waals surface area contributed by atoms with Crippen LogP contribution in [0.5, 0.6) is 0 Å². The Hall–Kier alpha value is -0.760. The molecule has 0 saturated heterocycles. The van der Waals surface area contributed by atoms with Crippen molar-refractivity contribution < 1.29 is 0 Å². The molecule has 0 fully saturated rings. The van der Waals surface area contributed by atoms with Crippen molar-refractivity contribution in [2.45, 2.75) is 25.7 Å². The van der Waals surface area contributed by atoms with E-state index in [1.54, 1.807) is 6.20 Å². The first-order valence-electron chi connectivity index (χ1n) is 4.61. The molecule has 1 aliphatic carbocycles. The van der Waals surface area contributed by atoms with Gasteiger partial charge in [-0.25, -0.2) is 0 Å². The molecule has 0 bridgehead atoms. The first kappa shape index (κ1) is 8.82. The Morgan fingerprint density at radius 2 is 2.46 bits per heavy atom. The van der Waals surface area contributed by atoms with Gasteiger partial charge in [-0.05, 0) is 19.3 Å². The Morgan fingerprint density at radius 1 is 1.62 bits per heavy atom. The molecular formula is C10H13ClN2. The maximum atomic E-state index is 6.01. The average Bonchev–Trinajstić information content (AvgIpc) is 2.70. The van der Waals surface area contributed by atoms with Crippen LogP contribution in [0, 0.1) is 0 Å². The molecule has 0 spiro atoms. The lowest BCUT2D eigenvalue weighted by atomic mass is 10.1. The summed E-state index contributed by atoms with van der Waals surface area (Å²) in [7, 11) is 1.94. The van der Waals surface area contributed by atoms with E-state index in [0.29, 0.717) is 0 Å². The molecule has 1 aromatic heterocycles. The Bertz CT molecular complexity index is 319. The summed E-state index contributed by atoms with van der Waals surface area (Å²) in [4.78, 5) is 0. The molecule has 0 amide bonds. The Morgan fingerprint density at radius 3 is 3.00 bits per heavy atom. The van der Waals surface area contributed by atoms with E-state index in [2.05, 4.69) is 11.2 Å². The highest BCUT2D eigenvalue weighted by Crippen LogP contribution is 2.24. The van der Waals surface area contributed by atoms with Crippen molar-refractivity contribution in [3.8, 4) is 0 Å². The van der Waals surface area contributed by atoms with Crippen molar-refractivity contribution in [2.24, 2.45) is 7.05 Å². The quantitative estimate of drug-likeness (QED) is 0.666. The van der Waals surface area contributed by atoms with Crippen molar-refractivity contribution in [1.82, 2.24) is 9.78 Å². The van der Waals surface area contributed by atoms with Crippen LogP contribution in [0.25, 0.3) is 0 Å². The van der Waals surface area contributed by atoms with Gasteiger partial charge < -0.3 is 0 Å². The van der Waals surface area contributed by atoms with Gasteiger partial charge in [0.15, 0.2) is 0 Å². The minimum Gasteiger partial charge on any atom is -0.271 e. The Balaban J connectivity index is 2.16. The van der Waals surface area contributed by atoms with Crippen LogP contribution in [0.2, 0.25) is 5.02 Å². The second kappa shape index (κ2) is 3.54. The largest absolute Gasteiger partial charge is 0.271 e. The highest BCUT2D eigenvalue weighted by molar-refractivity contribution is 6.31. The summed E-state index contributed by atoms with van der Waals surface area (Å²) in [6.45, 7) is 0. The number of allylic oxidation sites excluding steroid dienone is 2. The number of aromatic nitrogens is 2. The number of hydrogen-bond acceptors (Lipinski definition) is 1. The Labute approximate surface area is 83.2 Å². The van der Waals surface area contributed by atoms with Crippen molar-refractivity contribution >= 4 is 11.6 Å². The third-order valence-electron chi connectivity index (χ3n) is 2.54. The van der Waals surface area contributed by atoms with Crippen LogP contribution in [0.3, 0.4) is 0 Å². The molecule has 2 nitrogen and oxygen atoms in total. The SMILES string of the molecule is Cn1ncc(Cl)c1CC1=CCCC1. The monoisotopic (exact) mass is 196 g/mol. The van der Waals surface area contributed by atoms with E-state index in [1.807, 2.05) is 11.7 Å². The van der Waals surface area contributed by atoms with Crippen LogP contribution in [-0.2, 0) is 13.5 Å². The number of nitrogens with zero attached hydrogens (tertiary/aromatic N) is 2. The van der Waals surface area contributed by atoms with Gasteiger partial charge in [0, 0.05) is 13.5 Å². The maximum Gasteiger partial charge on any atom is 0.0821 e. The number of rotatable bonds is 2. The van der Waals surface area contributed by atoms with Crippen LogP contribution in [-0.4, -0.2) is 9.78 Å². The first-order chi connectivity index (χ1) is 6.27. The fraction of sp³-hybridized carbons (Fsp3) is 0.500. The summed E-state index contributed by atoms with van der Waals surface area (Å²) in [6, 6.07) is 0. The molecule has 1 aliphatic rings. The topological polar surface area (TPSA) is 17.8 Å². The predicted octanol–water partition coefficient (Wildman–Crippen LogP) is 2.73. The van der Waals surface area contributed by atoms with E-state index in [-0.39, 0.29) is 0 Å². The lowest BCUT2D eigenvalue weighted by Crippen LogP contribution is -1.99. The normalized spacial score (nSPS) is 16.3. The van der Waals surface area contributed by atoms with E-state index in [0.717, 1.165) is 17.1 Å².